The molecule has 7 heteroatoms. The summed E-state index contributed by atoms with van der Waals surface area (Å²) in [6.45, 7) is 2.03. The Kier molecular flexibility index (Phi) is 5.54. The van der Waals surface area contributed by atoms with Crippen molar-refractivity contribution in [2.24, 2.45) is 0 Å². The summed E-state index contributed by atoms with van der Waals surface area (Å²) >= 11 is 6.00. The highest BCUT2D eigenvalue weighted by atomic mass is 35.5. The fraction of sp³-hybridized carbons (Fsp3) is 0.188. The number of hydrogen-bond donors (Lipinski definition) is 2. The molecule has 0 saturated heterocycles. The van der Waals surface area contributed by atoms with Crippen molar-refractivity contribution in [1.29, 1.82) is 0 Å². The Morgan fingerprint density at radius 1 is 1.22 bits per heavy atom. The van der Waals surface area contributed by atoms with Gasteiger partial charge in [0, 0.05) is 30.0 Å². The third kappa shape index (κ3) is 4.43. The van der Waals surface area contributed by atoms with Crippen LogP contribution in [0.4, 0.5) is 5.69 Å². The summed E-state index contributed by atoms with van der Waals surface area (Å²) in [5.41, 5.74) is 2.00. The molecular formula is C16H16ClN3O3. The normalized spacial score (nSPS) is 10.0. The summed E-state index contributed by atoms with van der Waals surface area (Å²) in [5, 5.41) is 5.57. The molecule has 2 amide bonds. The molecule has 6 nitrogen and oxygen atoms in total. The number of amides is 2. The molecule has 2 N–H and O–H groups in total. The largest absolute Gasteiger partial charge is 0.495 e. The van der Waals surface area contributed by atoms with E-state index in [1.54, 1.807) is 43.6 Å². The van der Waals surface area contributed by atoms with E-state index in [9.17, 15) is 9.59 Å². The molecule has 1 heterocycles. The SMILES string of the molecule is COc1cc(Cl)c(C)cc1NC(=O)C(=O)NCc1ccncc1. The third-order valence-electron chi connectivity index (χ3n) is 3.14. The number of nitrogens with zero attached hydrogens (tertiary/aromatic N) is 1. The van der Waals surface area contributed by atoms with Crippen molar-refractivity contribution in [3.63, 3.8) is 0 Å². The van der Waals surface area contributed by atoms with Gasteiger partial charge in [-0.1, -0.05) is 11.6 Å². The molecule has 0 aliphatic carbocycles. The summed E-state index contributed by atoms with van der Waals surface area (Å²) < 4.78 is 5.15. The second-order valence-corrected chi connectivity index (χ2v) is 5.20. The Labute approximate surface area is 138 Å². The van der Waals surface area contributed by atoms with E-state index in [4.69, 9.17) is 16.3 Å². The Hall–Kier alpha value is -2.60. The lowest BCUT2D eigenvalue weighted by Gasteiger charge is -2.12. The molecule has 0 unspecified atom stereocenters. The first-order chi connectivity index (χ1) is 11.0. The van der Waals surface area contributed by atoms with Crippen LogP contribution in [0.2, 0.25) is 5.02 Å². The Morgan fingerprint density at radius 2 is 1.91 bits per heavy atom. The average molecular weight is 334 g/mol. The fourth-order valence-corrected chi connectivity index (χ4v) is 2.03. The van der Waals surface area contributed by atoms with Gasteiger partial charge in [0.25, 0.3) is 0 Å². The van der Waals surface area contributed by atoms with Gasteiger partial charge < -0.3 is 15.4 Å². The van der Waals surface area contributed by atoms with Crippen LogP contribution >= 0.6 is 11.6 Å². The van der Waals surface area contributed by atoms with Gasteiger partial charge in [-0.2, -0.15) is 0 Å². The summed E-state index contributed by atoms with van der Waals surface area (Å²) in [7, 11) is 1.46. The number of hydrogen-bond acceptors (Lipinski definition) is 4. The second-order valence-electron chi connectivity index (χ2n) is 4.79. The lowest BCUT2D eigenvalue weighted by atomic mass is 10.2. The van der Waals surface area contributed by atoms with Crippen LogP contribution in [0.1, 0.15) is 11.1 Å². The van der Waals surface area contributed by atoms with Crippen LogP contribution in [0.3, 0.4) is 0 Å². The first-order valence-corrected chi connectivity index (χ1v) is 7.21. The first-order valence-electron chi connectivity index (χ1n) is 6.83. The van der Waals surface area contributed by atoms with Crippen molar-refractivity contribution in [3.8, 4) is 5.75 Å². The van der Waals surface area contributed by atoms with Crippen LogP contribution in [0.15, 0.2) is 36.7 Å². The molecule has 0 radical (unpaired) electrons. The number of methoxy groups -OCH3 is 1. The maximum Gasteiger partial charge on any atom is 0.313 e. The number of aromatic nitrogens is 1. The fourth-order valence-electron chi connectivity index (χ4n) is 1.87. The van der Waals surface area contributed by atoms with Crippen molar-refractivity contribution in [2.45, 2.75) is 13.5 Å². The summed E-state index contributed by atoms with van der Waals surface area (Å²) in [4.78, 5) is 27.7. The van der Waals surface area contributed by atoms with E-state index in [1.807, 2.05) is 0 Å². The number of rotatable bonds is 4. The number of nitrogens with one attached hydrogen (secondary N) is 2. The maximum absolute atomic E-state index is 12.0. The summed E-state index contributed by atoms with van der Waals surface area (Å²) in [6, 6.07) is 6.74. The molecular weight excluding hydrogens is 318 g/mol. The number of aryl methyl sites for hydroxylation is 1. The van der Waals surface area contributed by atoms with Crippen LogP contribution in [-0.4, -0.2) is 23.9 Å². The van der Waals surface area contributed by atoms with Crippen molar-refractivity contribution < 1.29 is 14.3 Å². The topological polar surface area (TPSA) is 80.3 Å². The van der Waals surface area contributed by atoms with Gasteiger partial charge in [0.1, 0.15) is 5.75 Å². The molecule has 23 heavy (non-hydrogen) atoms. The molecule has 0 bridgehead atoms. The van der Waals surface area contributed by atoms with Crippen LogP contribution in [-0.2, 0) is 16.1 Å². The van der Waals surface area contributed by atoms with Crippen molar-refractivity contribution in [2.75, 3.05) is 12.4 Å². The van der Waals surface area contributed by atoms with Crippen LogP contribution in [0.5, 0.6) is 5.75 Å². The van der Waals surface area contributed by atoms with Crippen molar-refractivity contribution in [1.82, 2.24) is 10.3 Å². The van der Waals surface area contributed by atoms with E-state index >= 15 is 0 Å². The minimum absolute atomic E-state index is 0.242. The molecule has 0 aliphatic rings. The monoisotopic (exact) mass is 333 g/mol. The van der Waals surface area contributed by atoms with Gasteiger partial charge in [0.05, 0.1) is 12.8 Å². The van der Waals surface area contributed by atoms with Gasteiger partial charge in [-0.25, -0.2) is 0 Å². The van der Waals surface area contributed by atoms with E-state index in [0.29, 0.717) is 16.5 Å². The molecule has 0 spiro atoms. The minimum atomic E-state index is -0.779. The molecule has 2 aromatic rings. The Bertz CT molecular complexity index is 720. The predicted molar refractivity (Wildman–Crippen MR) is 87.5 cm³/mol. The van der Waals surface area contributed by atoms with Gasteiger partial charge in [0.15, 0.2) is 0 Å². The number of carbonyl (C=O) groups excluding carboxylic acids is 2. The second kappa shape index (κ2) is 7.60. The molecule has 1 aromatic carbocycles. The van der Waals surface area contributed by atoms with Gasteiger partial charge in [-0.05, 0) is 36.2 Å². The zero-order valence-corrected chi connectivity index (χ0v) is 13.5. The molecule has 0 saturated carbocycles. The van der Waals surface area contributed by atoms with E-state index in [-0.39, 0.29) is 6.54 Å². The molecule has 0 fully saturated rings. The number of benzene rings is 1. The highest BCUT2D eigenvalue weighted by molar-refractivity contribution is 6.40. The number of halogens is 1. The Morgan fingerprint density at radius 3 is 2.57 bits per heavy atom. The van der Waals surface area contributed by atoms with E-state index in [0.717, 1.165) is 11.1 Å². The number of pyridine rings is 1. The molecule has 0 atom stereocenters. The maximum atomic E-state index is 12.0. The smallest absolute Gasteiger partial charge is 0.313 e. The lowest BCUT2D eigenvalue weighted by molar-refractivity contribution is -0.136. The van der Waals surface area contributed by atoms with Crippen LogP contribution in [0, 0.1) is 6.92 Å². The summed E-state index contributed by atoms with van der Waals surface area (Å²) in [6.07, 6.45) is 3.23. The van der Waals surface area contributed by atoms with E-state index < -0.39 is 11.8 Å². The van der Waals surface area contributed by atoms with Gasteiger partial charge in [-0.15, -0.1) is 0 Å². The molecule has 2 rings (SSSR count). The zero-order valence-electron chi connectivity index (χ0n) is 12.7. The van der Waals surface area contributed by atoms with Gasteiger partial charge >= 0.3 is 11.8 Å². The quantitative estimate of drug-likeness (QED) is 0.841. The first kappa shape index (κ1) is 16.8. The molecule has 1 aromatic heterocycles. The zero-order chi connectivity index (χ0) is 16.8. The van der Waals surface area contributed by atoms with Crippen LogP contribution < -0.4 is 15.4 Å². The average Bonchev–Trinajstić information content (AvgIpc) is 2.56. The predicted octanol–water partition coefficient (Wildman–Crippen LogP) is 2.31. The third-order valence-corrected chi connectivity index (χ3v) is 3.54. The number of anilines is 1. The van der Waals surface area contributed by atoms with Crippen molar-refractivity contribution in [3.05, 3.63) is 52.8 Å². The van der Waals surface area contributed by atoms with E-state index in [2.05, 4.69) is 15.6 Å². The lowest BCUT2D eigenvalue weighted by Crippen LogP contribution is -2.35. The highest BCUT2D eigenvalue weighted by Gasteiger charge is 2.16. The molecule has 0 aliphatic heterocycles. The van der Waals surface area contributed by atoms with Crippen molar-refractivity contribution >= 4 is 29.1 Å². The highest BCUT2D eigenvalue weighted by Crippen LogP contribution is 2.30. The van der Waals surface area contributed by atoms with Crippen LogP contribution in [0.25, 0.3) is 0 Å². The number of carbonyl (C=O) groups is 2. The summed E-state index contributed by atoms with van der Waals surface area (Å²) in [5.74, 6) is -1.13. The Balaban J connectivity index is 2.01. The van der Waals surface area contributed by atoms with Gasteiger partial charge in [-0.3, -0.25) is 14.6 Å². The van der Waals surface area contributed by atoms with Gasteiger partial charge in [0.2, 0.25) is 0 Å². The molecule has 120 valence electrons. The standard InChI is InChI=1S/C16H16ClN3O3/c1-10-7-13(14(23-2)8-12(10)17)20-16(22)15(21)19-9-11-3-5-18-6-4-11/h3-8H,9H2,1-2H3,(H,19,21)(H,20,22). The van der Waals surface area contributed by atoms with E-state index in [1.165, 1.54) is 7.11 Å². The number of ether oxygens (including phenoxy) is 1. The minimum Gasteiger partial charge on any atom is -0.495 e.